The highest BCUT2D eigenvalue weighted by molar-refractivity contribution is 6.19. The summed E-state index contributed by atoms with van der Waals surface area (Å²) in [4.78, 5) is 11.0. The average molecular weight is 205 g/mol. The van der Waals surface area contributed by atoms with Crippen LogP contribution in [-0.2, 0) is 4.79 Å². The lowest BCUT2D eigenvalue weighted by molar-refractivity contribution is -0.110. The van der Waals surface area contributed by atoms with Gasteiger partial charge in [-0.25, -0.2) is 0 Å². The number of hydrogen-bond donors (Lipinski definition) is 1. The third kappa shape index (κ3) is 11.4. The van der Waals surface area contributed by atoms with Crippen LogP contribution in [0.5, 0.6) is 0 Å². The van der Waals surface area contributed by atoms with E-state index in [2.05, 4.69) is 0 Å². The summed E-state index contributed by atoms with van der Waals surface area (Å²) in [6.45, 7) is 5.62. The van der Waals surface area contributed by atoms with E-state index in [4.69, 9.17) is 16.7 Å². The fourth-order valence-corrected chi connectivity index (χ4v) is 0.685. The number of hydrogen-bond acceptors (Lipinski definition) is 2. The monoisotopic (exact) mass is 204 g/mol. The first-order valence-electron chi connectivity index (χ1n) is 3.93. The van der Waals surface area contributed by atoms with Crippen LogP contribution in [-0.4, -0.2) is 23.9 Å². The van der Waals surface area contributed by atoms with Crippen molar-refractivity contribution in [2.45, 2.75) is 20.8 Å². The predicted octanol–water partition coefficient (Wildman–Crippen LogP) is 2.32. The number of aliphatic hydroxyl groups excluding tert-OH is 1. The Hall–Kier alpha value is -0.600. The molecular weight excluding hydrogens is 188 g/mol. The maximum absolute atomic E-state index is 11.0. The lowest BCUT2D eigenvalue weighted by Crippen LogP contribution is -1.90. The van der Waals surface area contributed by atoms with E-state index in [1.165, 1.54) is 0 Å². The molecule has 0 aromatic rings. The zero-order chi connectivity index (χ0) is 10.9. The molecule has 0 atom stereocenters. The number of halogens is 1. The van der Waals surface area contributed by atoms with Crippen molar-refractivity contribution >= 4 is 17.4 Å². The van der Waals surface area contributed by atoms with Crippen LogP contribution in [0, 0.1) is 0 Å². The highest BCUT2D eigenvalue weighted by Gasteiger charge is 1.92. The number of alkyl halides is 1. The van der Waals surface area contributed by atoms with Crippen molar-refractivity contribution in [2.75, 3.05) is 13.0 Å². The van der Waals surface area contributed by atoms with Crippen molar-refractivity contribution in [3.63, 3.8) is 0 Å². The summed E-state index contributed by atoms with van der Waals surface area (Å²) in [5.41, 5.74) is 1.91. The van der Waals surface area contributed by atoms with Crippen molar-refractivity contribution in [3.05, 3.63) is 23.3 Å². The average Bonchev–Trinajstić information content (AvgIpc) is 2.06. The summed E-state index contributed by atoms with van der Waals surface area (Å²) in [7, 11) is 1.00. The first-order valence-corrected chi connectivity index (χ1v) is 4.46. The van der Waals surface area contributed by atoms with Crippen LogP contribution in [0.25, 0.3) is 0 Å². The van der Waals surface area contributed by atoms with Gasteiger partial charge in [0.15, 0.2) is 5.78 Å². The van der Waals surface area contributed by atoms with E-state index < -0.39 is 0 Å². The minimum atomic E-state index is 0.0168. The van der Waals surface area contributed by atoms with Crippen molar-refractivity contribution in [3.8, 4) is 0 Å². The van der Waals surface area contributed by atoms with Crippen LogP contribution in [0.2, 0.25) is 0 Å². The highest BCUT2D eigenvalue weighted by atomic mass is 35.5. The number of carbonyl (C=O) groups excluding carboxylic acids is 1. The van der Waals surface area contributed by atoms with E-state index in [0.29, 0.717) is 5.88 Å². The van der Waals surface area contributed by atoms with Crippen LogP contribution in [0.15, 0.2) is 23.3 Å². The Balaban J connectivity index is 0. The van der Waals surface area contributed by atoms with Gasteiger partial charge in [-0.05, 0) is 32.9 Å². The van der Waals surface area contributed by atoms with Crippen molar-refractivity contribution in [1.82, 2.24) is 0 Å². The van der Waals surface area contributed by atoms with E-state index in [0.717, 1.165) is 18.3 Å². The SMILES string of the molecule is CC(C)=CC(=O)C=C(C)CCl.CO. The number of rotatable bonds is 3. The summed E-state index contributed by atoms with van der Waals surface area (Å²) >= 11 is 5.49. The van der Waals surface area contributed by atoms with Crippen LogP contribution in [0.1, 0.15) is 20.8 Å². The lowest BCUT2D eigenvalue weighted by Gasteiger charge is -1.90. The van der Waals surface area contributed by atoms with Crippen LogP contribution < -0.4 is 0 Å². The summed E-state index contributed by atoms with van der Waals surface area (Å²) in [6.07, 6.45) is 3.15. The molecule has 13 heavy (non-hydrogen) atoms. The second kappa shape index (κ2) is 9.49. The molecule has 0 amide bonds. The zero-order valence-electron chi connectivity index (χ0n) is 8.60. The molecule has 0 aliphatic carbocycles. The summed E-state index contributed by atoms with van der Waals surface area (Å²) in [5.74, 6) is 0.436. The van der Waals surface area contributed by atoms with Gasteiger partial charge in [-0.2, -0.15) is 0 Å². The molecule has 0 radical (unpaired) electrons. The summed E-state index contributed by atoms with van der Waals surface area (Å²) in [6, 6.07) is 0. The maximum atomic E-state index is 11.0. The van der Waals surface area contributed by atoms with Crippen LogP contribution in [0.4, 0.5) is 0 Å². The van der Waals surface area contributed by atoms with E-state index in [9.17, 15) is 4.79 Å². The van der Waals surface area contributed by atoms with Crippen molar-refractivity contribution < 1.29 is 9.90 Å². The molecule has 76 valence electrons. The smallest absolute Gasteiger partial charge is 0.178 e. The normalized spacial score (nSPS) is 9.85. The molecule has 0 heterocycles. The Morgan fingerprint density at radius 2 is 1.69 bits per heavy atom. The Morgan fingerprint density at radius 1 is 1.23 bits per heavy atom. The fraction of sp³-hybridized carbons (Fsp3) is 0.500. The number of carbonyl (C=O) groups is 1. The molecule has 0 bridgehead atoms. The number of allylic oxidation sites excluding steroid dienone is 4. The molecule has 0 aromatic heterocycles. The topological polar surface area (TPSA) is 37.3 Å². The minimum Gasteiger partial charge on any atom is -0.400 e. The Morgan fingerprint density at radius 3 is 2.00 bits per heavy atom. The van der Waals surface area contributed by atoms with Crippen LogP contribution >= 0.6 is 11.6 Å². The molecule has 0 rings (SSSR count). The molecule has 0 aliphatic rings. The molecule has 1 N–H and O–H groups in total. The molecule has 0 aliphatic heterocycles. The number of aliphatic hydroxyl groups is 1. The molecule has 0 saturated carbocycles. The van der Waals surface area contributed by atoms with Gasteiger partial charge in [0.25, 0.3) is 0 Å². The third-order valence-corrected chi connectivity index (χ3v) is 1.45. The van der Waals surface area contributed by atoms with Gasteiger partial charge in [-0.15, -0.1) is 11.6 Å². The van der Waals surface area contributed by atoms with Gasteiger partial charge in [0.1, 0.15) is 0 Å². The quantitative estimate of drug-likeness (QED) is 0.566. The number of ketones is 1. The van der Waals surface area contributed by atoms with E-state index in [1.807, 2.05) is 20.8 Å². The van der Waals surface area contributed by atoms with Gasteiger partial charge in [0, 0.05) is 13.0 Å². The molecule has 0 spiro atoms. The van der Waals surface area contributed by atoms with E-state index >= 15 is 0 Å². The van der Waals surface area contributed by atoms with Gasteiger partial charge in [0.05, 0.1) is 0 Å². The first kappa shape index (κ1) is 14.9. The molecule has 3 heteroatoms. The van der Waals surface area contributed by atoms with E-state index in [-0.39, 0.29) is 5.78 Å². The van der Waals surface area contributed by atoms with Crippen molar-refractivity contribution in [1.29, 1.82) is 0 Å². The van der Waals surface area contributed by atoms with Crippen LogP contribution in [0.3, 0.4) is 0 Å². The van der Waals surface area contributed by atoms with Gasteiger partial charge >= 0.3 is 0 Å². The maximum Gasteiger partial charge on any atom is 0.178 e. The molecule has 0 aromatic carbocycles. The van der Waals surface area contributed by atoms with Gasteiger partial charge in [-0.1, -0.05) is 11.1 Å². The lowest BCUT2D eigenvalue weighted by atomic mass is 10.2. The highest BCUT2D eigenvalue weighted by Crippen LogP contribution is 1.98. The Kier molecular flexibility index (Phi) is 10.9. The van der Waals surface area contributed by atoms with Gasteiger partial charge in [-0.3, -0.25) is 4.79 Å². The predicted molar refractivity (Wildman–Crippen MR) is 57.1 cm³/mol. The molecule has 0 unspecified atom stereocenters. The second-order valence-corrected chi connectivity index (χ2v) is 3.02. The molecule has 0 fully saturated rings. The first-order chi connectivity index (χ1) is 6.06. The molecule has 0 saturated heterocycles. The molecule has 2 nitrogen and oxygen atoms in total. The Labute approximate surface area is 84.9 Å². The zero-order valence-corrected chi connectivity index (χ0v) is 9.35. The largest absolute Gasteiger partial charge is 0.400 e. The van der Waals surface area contributed by atoms with E-state index in [1.54, 1.807) is 12.2 Å². The molecular formula is C10H17ClO2. The summed E-state index contributed by atoms with van der Waals surface area (Å²) < 4.78 is 0. The second-order valence-electron chi connectivity index (χ2n) is 2.75. The third-order valence-electron chi connectivity index (χ3n) is 1.03. The standard InChI is InChI=1S/C9H13ClO.CH4O/c1-7(2)4-9(11)5-8(3)6-10;1-2/h4-5H,6H2,1-3H3;2H,1H3. The summed E-state index contributed by atoms with van der Waals surface area (Å²) in [5, 5.41) is 7.00. The Bertz CT molecular complexity index is 201. The van der Waals surface area contributed by atoms with Gasteiger partial charge in [0.2, 0.25) is 0 Å². The van der Waals surface area contributed by atoms with Crippen molar-refractivity contribution in [2.24, 2.45) is 0 Å². The fourth-order valence-electron chi connectivity index (χ4n) is 0.608. The van der Waals surface area contributed by atoms with Gasteiger partial charge < -0.3 is 5.11 Å². The minimum absolute atomic E-state index is 0.0168.